The van der Waals surface area contributed by atoms with Gasteiger partial charge in [-0.2, -0.15) is 0 Å². The van der Waals surface area contributed by atoms with E-state index in [1.54, 1.807) is 14.2 Å². The second-order valence-electron chi connectivity index (χ2n) is 8.83. The Labute approximate surface area is 211 Å². The minimum atomic E-state index is -0.0988. The first kappa shape index (κ1) is 23.5. The summed E-state index contributed by atoms with van der Waals surface area (Å²) in [6, 6.07) is 31.6. The molecule has 0 fully saturated rings. The Morgan fingerprint density at radius 2 is 1.53 bits per heavy atom. The Kier molecular flexibility index (Phi) is 6.89. The summed E-state index contributed by atoms with van der Waals surface area (Å²) in [6.45, 7) is 0.891. The first-order valence-electron chi connectivity index (χ1n) is 12.0. The molecule has 0 bridgehead atoms. The minimum absolute atomic E-state index is 0.0533. The molecule has 36 heavy (non-hydrogen) atoms. The van der Waals surface area contributed by atoms with Gasteiger partial charge in [-0.05, 0) is 65.6 Å². The first-order valence-corrected chi connectivity index (χ1v) is 12.0. The summed E-state index contributed by atoms with van der Waals surface area (Å²) in [7, 11) is 3.30. The normalized spacial score (nSPS) is 14.8. The van der Waals surface area contributed by atoms with Crippen LogP contribution in [-0.2, 0) is 19.6 Å². The zero-order valence-electron chi connectivity index (χ0n) is 20.5. The van der Waals surface area contributed by atoms with Gasteiger partial charge in [0, 0.05) is 17.7 Å². The molecule has 0 saturated heterocycles. The van der Waals surface area contributed by atoms with Gasteiger partial charge in [0.1, 0.15) is 23.9 Å². The van der Waals surface area contributed by atoms with Crippen molar-refractivity contribution >= 4 is 5.91 Å². The molecule has 1 heterocycles. The number of fused-ring (bicyclic) bond motifs is 1. The van der Waals surface area contributed by atoms with Gasteiger partial charge in [-0.25, -0.2) is 0 Å². The third kappa shape index (κ3) is 4.91. The lowest BCUT2D eigenvalue weighted by Gasteiger charge is -2.37. The number of amides is 1. The SMILES string of the molecule is COc1ccc(OCc2cc(C3Cc4ccccc4C(=O)N3Cc3ccccc3)ccc2OC)cc1. The molecule has 5 nitrogen and oxygen atoms in total. The lowest BCUT2D eigenvalue weighted by Crippen LogP contribution is -2.39. The Morgan fingerprint density at radius 1 is 0.806 bits per heavy atom. The van der Waals surface area contributed by atoms with E-state index in [0.29, 0.717) is 13.2 Å². The fraction of sp³-hybridized carbons (Fsp3) is 0.194. The number of carbonyl (C=O) groups is 1. The van der Waals surface area contributed by atoms with E-state index in [4.69, 9.17) is 14.2 Å². The highest BCUT2D eigenvalue weighted by molar-refractivity contribution is 5.97. The highest BCUT2D eigenvalue weighted by Gasteiger charge is 2.33. The molecule has 1 aliphatic rings. The van der Waals surface area contributed by atoms with Crippen LogP contribution in [0.5, 0.6) is 17.2 Å². The molecule has 0 N–H and O–H groups in total. The van der Waals surface area contributed by atoms with Gasteiger partial charge in [0.15, 0.2) is 0 Å². The number of benzene rings is 4. The van der Waals surface area contributed by atoms with Crippen LogP contribution in [0.2, 0.25) is 0 Å². The molecule has 5 heteroatoms. The molecule has 1 aliphatic heterocycles. The Hall–Kier alpha value is -4.25. The summed E-state index contributed by atoms with van der Waals surface area (Å²) in [6.07, 6.45) is 0.750. The fourth-order valence-electron chi connectivity index (χ4n) is 4.73. The van der Waals surface area contributed by atoms with Gasteiger partial charge in [0.05, 0.1) is 20.3 Å². The van der Waals surface area contributed by atoms with Gasteiger partial charge in [0.25, 0.3) is 5.91 Å². The molecule has 0 aliphatic carbocycles. The first-order chi connectivity index (χ1) is 17.7. The lowest BCUT2D eigenvalue weighted by atomic mass is 9.88. The van der Waals surface area contributed by atoms with E-state index >= 15 is 0 Å². The zero-order valence-corrected chi connectivity index (χ0v) is 20.5. The average molecular weight is 480 g/mol. The van der Waals surface area contributed by atoms with Gasteiger partial charge >= 0.3 is 0 Å². The molecule has 5 rings (SSSR count). The van der Waals surface area contributed by atoms with Crippen molar-refractivity contribution in [3.8, 4) is 17.2 Å². The fourth-order valence-corrected chi connectivity index (χ4v) is 4.73. The molecular weight excluding hydrogens is 450 g/mol. The number of hydrogen-bond acceptors (Lipinski definition) is 4. The van der Waals surface area contributed by atoms with E-state index < -0.39 is 0 Å². The molecule has 1 unspecified atom stereocenters. The topological polar surface area (TPSA) is 48.0 Å². The standard InChI is InChI=1S/C31H29NO4/c1-34-26-13-15-27(16-14-26)36-21-25-18-24(12-17-30(25)35-2)29-19-23-10-6-7-11-28(23)31(33)32(29)20-22-8-4-3-5-9-22/h3-18,29H,19-21H2,1-2H3. The molecular formula is C31H29NO4. The lowest BCUT2D eigenvalue weighted by molar-refractivity contribution is 0.0629. The number of rotatable bonds is 8. The molecule has 4 aromatic rings. The zero-order chi connectivity index (χ0) is 24.9. The van der Waals surface area contributed by atoms with Gasteiger partial charge < -0.3 is 19.1 Å². The van der Waals surface area contributed by atoms with Crippen LogP contribution in [0.3, 0.4) is 0 Å². The van der Waals surface area contributed by atoms with E-state index in [-0.39, 0.29) is 11.9 Å². The molecule has 0 aromatic heterocycles. The summed E-state index contributed by atoms with van der Waals surface area (Å²) < 4.78 is 16.9. The van der Waals surface area contributed by atoms with Crippen LogP contribution in [0.4, 0.5) is 0 Å². The van der Waals surface area contributed by atoms with E-state index in [1.165, 1.54) is 0 Å². The second kappa shape index (κ2) is 10.6. The largest absolute Gasteiger partial charge is 0.497 e. The highest BCUT2D eigenvalue weighted by Crippen LogP contribution is 2.36. The molecule has 0 saturated carbocycles. The van der Waals surface area contributed by atoms with Crippen molar-refractivity contribution < 1.29 is 19.0 Å². The third-order valence-electron chi connectivity index (χ3n) is 6.64. The van der Waals surface area contributed by atoms with E-state index in [2.05, 4.69) is 30.3 Å². The Bertz CT molecular complexity index is 1330. The smallest absolute Gasteiger partial charge is 0.254 e. The second-order valence-corrected chi connectivity index (χ2v) is 8.83. The Balaban J connectivity index is 1.46. The Morgan fingerprint density at radius 3 is 2.28 bits per heavy atom. The maximum atomic E-state index is 13.6. The van der Waals surface area contributed by atoms with Crippen molar-refractivity contribution in [1.29, 1.82) is 0 Å². The number of nitrogens with zero attached hydrogens (tertiary/aromatic N) is 1. The number of hydrogen-bond donors (Lipinski definition) is 0. The molecule has 1 atom stereocenters. The van der Waals surface area contributed by atoms with Crippen LogP contribution >= 0.6 is 0 Å². The van der Waals surface area contributed by atoms with E-state index in [0.717, 1.165) is 51.5 Å². The number of methoxy groups -OCH3 is 2. The average Bonchev–Trinajstić information content (AvgIpc) is 2.94. The predicted octanol–water partition coefficient (Wildman–Crippen LogP) is 6.22. The van der Waals surface area contributed by atoms with Crippen LogP contribution in [-0.4, -0.2) is 25.0 Å². The van der Waals surface area contributed by atoms with Gasteiger partial charge in [-0.1, -0.05) is 54.6 Å². The quantitative estimate of drug-likeness (QED) is 0.301. The monoisotopic (exact) mass is 479 g/mol. The molecule has 0 spiro atoms. The predicted molar refractivity (Wildman–Crippen MR) is 140 cm³/mol. The molecule has 4 aromatic carbocycles. The van der Waals surface area contributed by atoms with E-state index in [1.807, 2.05) is 71.6 Å². The molecule has 0 radical (unpaired) electrons. The van der Waals surface area contributed by atoms with E-state index in [9.17, 15) is 4.79 Å². The van der Waals surface area contributed by atoms with Crippen LogP contribution in [0.15, 0.2) is 97.1 Å². The summed E-state index contributed by atoms with van der Waals surface area (Å²) in [5.41, 5.74) is 4.94. The maximum Gasteiger partial charge on any atom is 0.254 e. The maximum absolute atomic E-state index is 13.6. The van der Waals surface area contributed by atoms with Crippen molar-refractivity contribution in [1.82, 2.24) is 4.90 Å². The number of ether oxygens (including phenoxy) is 3. The van der Waals surface area contributed by atoms with Crippen molar-refractivity contribution in [3.05, 3.63) is 125 Å². The summed E-state index contributed by atoms with van der Waals surface area (Å²) in [5, 5.41) is 0. The third-order valence-corrected chi connectivity index (χ3v) is 6.64. The van der Waals surface area contributed by atoms with Crippen molar-refractivity contribution in [3.63, 3.8) is 0 Å². The molecule has 1 amide bonds. The number of carbonyl (C=O) groups excluding carboxylic acids is 1. The van der Waals surface area contributed by atoms with Gasteiger partial charge in [0.2, 0.25) is 0 Å². The van der Waals surface area contributed by atoms with Gasteiger partial charge in [-0.3, -0.25) is 4.79 Å². The van der Waals surface area contributed by atoms with Crippen LogP contribution < -0.4 is 14.2 Å². The van der Waals surface area contributed by atoms with Crippen molar-refractivity contribution in [2.45, 2.75) is 25.6 Å². The van der Waals surface area contributed by atoms with Crippen LogP contribution in [0.25, 0.3) is 0 Å². The van der Waals surface area contributed by atoms with Crippen LogP contribution in [0.1, 0.15) is 38.7 Å². The van der Waals surface area contributed by atoms with Crippen molar-refractivity contribution in [2.24, 2.45) is 0 Å². The van der Waals surface area contributed by atoms with Gasteiger partial charge in [-0.15, -0.1) is 0 Å². The van der Waals surface area contributed by atoms with Crippen molar-refractivity contribution in [2.75, 3.05) is 14.2 Å². The highest BCUT2D eigenvalue weighted by atomic mass is 16.5. The summed E-state index contributed by atoms with van der Waals surface area (Å²) in [4.78, 5) is 15.6. The minimum Gasteiger partial charge on any atom is -0.497 e. The summed E-state index contributed by atoms with van der Waals surface area (Å²) in [5.74, 6) is 2.33. The summed E-state index contributed by atoms with van der Waals surface area (Å²) >= 11 is 0. The molecule has 182 valence electrons. The van der Waals surface area contributed by atoms with Crippen LogP contribution in [0, 0.1) is 0 Å².